The van der Waals surface area contributed by atoms with Gasteiger partial charge >= 0.3 is 17.9 Å². The molecule has 6 nitrogen and oxygen atoms in total. The van der Waals surface area contributed by atoms with E-state index < -0.39 is 6.10 Å². The number of esters is 3. The van der Waals surface area contributed by atoms with Crippen LogP contribution in [0.3, 0.4) is 0 Å². The molecule has 0 N–H and O–H groups in total. The van der Waals surface area contributed by atoms with Crippen LogP contribution in [0.2, 0.25) is 0 Å². The van der Waals surface area contributed by atoms with Gasteiger partial charge in [0, 0.05) is 19.3 Å². The Hall–Kier alpha value is -3.93. The Morgan fingerprint density at radius 1 is 0.253 bits per heavy atom. The van der Waals surface area contributed by atoms with Crippen LogP contribution in [0.4, 0.5) is 0 Å². The van der Waals surface area contributed by atoms with Crippen molar-refractivity contribution >= 4 is 17.9 Å². The van der Waals surface area contributed by atoms with Gasteiger partial charge in [-0.2, -0.15) is 0 Å². The lowest BCUT2D eigenvalue weighted by atomic mass is 10.0. The third kappa shape index (κ3) is 68.7. The van der Waals surface area contributed by atoms with Gasteiger partial charge in [-0.25, -0.2) is 0 Å². The maximum Gasteiger partial charge on any atom is 0.306 e. The lowest BCUT2D eigenvalue weighted by Gasteiger charge is -2.18. The van der Waals surface area contributed by atoms with E-state index >= 15 is 0 Å². The van der Waals surface area contributed by atoms with Crippen LogP contribution in [0.15, 0.2) is 109 Å². The third-order valence-electron chi connectivity index (χ3n) is 15.3. The largest absolute Gasteiger partial charge is 0.462 e. The van der Waals surface area contributed by atoms with Crippen molar-refractivity contribution in [3.05, 3.63) is 109 Å². The number of hydrogen-bond donors (Lipinski definition) is 0. The van der Waals surface area contributed by atoms with Crippen molar-refractivity contribution in [3.8, 4) is 0 Å². The Morgan fingerprint density at radius 3 is 0.807 bits per heavy atom. The van der Waals surface area contributed by atoms with E-state index in [0.29, 0.717) is 19.3 Å². The molecular weight excluding hydrogens is 1020 g/mol. The Labute approximate surface area is 514 Å². The fourth-order valence-electron chi connectivity index (χ4n) is 10.1. The predicted molar refractivity (Wildman–Crippen MR) is 362 cm³/mol. The first-order valence-corrected chi connectivity index (χ1v) is 35.4. The van der Waals surface area contributed by atoms with Gasteiger partial charge in [-0.05, 0) is 89.9 Å². The van der Waals surface area contributed by atoms with E-state index in [4.69, 9.17) is 14.2 Å². The third-order valence-corrected chi connectivity index (χ3v) is 15.3. The normalized spacial score (nSPS) is 12.8. The van der Waals surface area contributed by atoms with E-state index in [1.807, 2.05) is 6.08 Å². The van der Waals surface area contributed by atoms with Crippen molar-refractivity contribution in [3.63, 3.8) is 0 Å². The average Bonchev–Trinajstić information content (AvgIpc) is 3.49. The number of unbranched alkanes of at least 4 members (excludes halogenated alkanes) is 35. The van der Waals surface area contributed by atoms with Crippen molar-refractivity contribution in [1.29, 1.82) is 0 Å². The molecule has 0 aliphatic rings. The van der Waals surface area contributed by atoms with E-state index in [0.717, 1.165) is 96.3 Å². The van der Waals surface area contributed by atoms with Gasteiger partial charge in [-0.3, -0.25) is 14.4 Å². The molecule has 1 atom stereocenters. The molecule has 0 saturated carbocycles. The molecule has 0 rings (SSSR count). The summed E-state index contributed by atoms with van der Waals surface area (Å²) in [5.41, 5.74) is 0. The summed E-state index contributed by atoms with van der Waals surface area (Å²) < 4.78 is 16.9. The minimum atomic E-state index is -0.805. The minimum absolute atomic E-state index is 0.0952. The van der Waals surface area contributed by atoms with Gasteiger partial charge in [0.25, 0.3) is 0 Å². The van der Waals surface area contributed by atoms with E-state index in [-0.39, 0.29) is 37.5 Å². The van der Waals surface area contributed by atoms with Crippen LogP contribution in [0.1, 0.15) is 342 Å². The van der Waals surface area contributed by atoms with Crippen molar-refractivity contribution < 1.29 is 28.6 Å². The zero-order valence-corrected chi connectivity index (χ0v) is 54.7. The molecule has 0 amide bonds. The predicted octanol–water partition coefficient (Wildman–Crippen LogP) is 24.6. The summed E-state index contributed by atoms with van der Waals surface area (Å²) in [5.74, 6) is -0.964. The zero-order valence-electron chi connectivity index (χ0n) is 54.7. The van der Waals surface area contributed by atoms with Gasteiger partial charge in [0.05, 0.1) is 0 Å². The molecule has 0 aromatic rings. The second-order valence-electron chi connectivity index (χ2n) is 23.4. The molecule has 0 aliphatic carbocycles. The second-order valence-corrected chi connectivity index (χ2v) is 23.4. The zero-order chi connectivity index (χ0) is 59.9. The molecule has 0 fully saturated rings. The fourth-order valence-corrected chi connectivity index (χ4v) is 10.1. The summed E-state index contributed by atoms with van der Waals surface area (Å²) in [6.07, 6.45) is 97.2. The molecule has 0 bridgehead atoms. The topological polar surface area (TPSA) is 78.9 Å². The molecule has 0 aliphatic heterocycles. The Balaban J connectivity index is 4.16. The number of rotatable bonds is 64. The molecule has 0 aromatic carbocycles. The van der Waals surface area contributed by atoms with Crippen LogP contribution in [-0.2, 0) is 28.6 Å². The van der Waals surface area contributed by atoms with Crippen LogP contribution in [0.5, 0.6) is 0 Å². The fraction of sp³-hybridized carbons (Fsp3) is 0.727. The number of carbonyl (C=O) groups excluding carboxylic acids is 3. The second kappa shape index (κ2) is 70.6. The number of allylic oxidation sites excluding steroid dienone is 18. The van der Waals surface area contributed by atoms with Crippen LogP contribution in [0.25, 0.3) is 0 Å². The molecule has 0 saturated heterocycles. The highest BCUT2D eigenvalue weighted by molar-refractivity contribution is 5.71. The SMILES string of the molecule is CC/C=C\C/C=C\C/C=C\C/C=C\C/C=C\CCCCCCCCCCCCCCCCCCCCCC(=O)OCC(COC(=O)CC/C=C\C/C=C\C/C=C\C/C=C\CC)OC(=O)CCCCCCCCCCCCCCCCCCC. The van der Waals surface area contributed by atoms with Crippen molar-refractivity contribution in [2.24, 2.45) is 0 Å². The number of hydrogen-bond acceptors (Lipinski definition) is 6. The van der Waals surface area contributed by atoms with Crippen LogP contribution in [-0.4, -0.2) is 37.2 Å². The van der Waals surface area contributed by atoms with Crippen molar-refractivity contribution in [2.45, 2.75) is 348 Å². The number of carbonyl (C=O) groups is 3. The van der Waals surface area contributed by atoms with Crippen molar-refractivity contribution in [1.82, 2.24) is 0 Å². The quantitative estimate of drug-likeness (QED) is 0.0261. The maximum absolute atomic E-state index is 12.9. The Kier molecular flexibility index (Phi) is 67.2. The van der Waals surface area contributed by atoms with Gasteiger partial charge < -0.3 is 14.2 Å². The van der Waals surface area contributed by atoms with E-state index in [2.05, 4.69) is 124 Å². The first-order valence-electron chi connectivity index (χ1n) is 35.4. The summed E-state index contributed by atoms with van der Waals surface area (Å²) in [6, 6.07) is 0. The molecule has 6 heteroatoms. The van der Waals surface area contributed by atoms with Crippen LogP contribution in [0, 0.1) is 0 Å². The van der Waals surface area contributed by atoms with Gasteiger partial charge in [-0.1, -0.05) is 342 Å². The Morgan fingerprint density at radius 2 is 0.494 bits per heavy atom. The van der Waals surface area contributed by atoms with E-state index in [1.165, 1.54) is 199 Å². The van der Waals surface area contributed by atoms with Gasteiger partial charge in [0.15, 0.2) is 6.10 Å². The highest BCUT2D eigenvalue weighted by atomic mass is 16.6. The summed E-state index contributed by atoms with van der Waals surface area (Å²) in [4.78, 5) is 38.3. The molecular formula is C77H132O6. The summed E-state index contributed by atoms with van der Waals surface area (Å²) >= 11 is 0. The lowest BCUT2D eigenvalue weighted by Crippen LogP contribution is -2.30. The highest BCUT2D eigenvalue weighted by Crippen LogP contribution is 2.18. The Bertz CT molecular complexity index is 1660. The molecule has 0 heterocycles. The van der Waals surface area contributed by atoms with Gasteiger partial charge in [-0.15, -0.1) is 0 Å². The summed E-state index contributed by atoms with van der Waals surface area (Å²) in [5, 5.41) is 0. The molecule has 83 heavy (non-hydrogen) atoms. The molecule has 0 radical (unpaired) electrons. The summed E-state index contributed by atoms with van der Waals surface area (Å²) in [6.45, 7) is 6.39. The van der Waals surface area contributed by atoms with Crippen molar-refractivity contribution in [2.75, 3.05) is 13.2 Å². The van der Waals surface area contributed by atoms with Gasteiger partial charge in [0.2, 0.25) is 0 Å². The highest BCUT2D eigenvalue weighted by Gasteiger charge is 2.19. The molecule has 1 unspecified atom stereocenters. The standard InChI is InChI=1S/C77H132O6/c1-4-7-10-13-16-19-22-25-27-29-30-31-32-33-34-35-36-37-38-39-40-41-42-43-44-45-46-48-49-52-55-58-61-64-67-70-76(79)82-73-74(72-81-75(78)69-66-63-60-57-54-51-24-21-18-15-12-9-6-3)83-77(80)71-68-65-62-59-56-53-50-47-28-26-23-20-17-14-11-8-5-2/h7,9-10,12,16,18-19,21,25,27,30-31,33-34,51,54,60,63,74H,4-6,8,11,13-15,17,20,22-24,26,28-29,32,35-50,52-53,55-59,61-62,64-73H2,1-3H3/b10-7-,12-9-,19-16-,21-18-,27-25-,31-30-,34-33-,54-51-,63-60-. The number of ether oxygens (including phenoxy) is 3. The first kappa shape index (κ1) is 79.1. The lowest BCUT2D eigenvalue weighted by molar-refractivity contribution is -0.166. The van der Waals surface area contributed by atoms with E-state index in [9.17, 15) is 14.4 Å². The van der Waals surface area contributed by atoms with Crippen LogP contribution < -0.4 is 0 Å². The average molecular weight is 1150 g/mol. The molecule has 476 valence electrons. The minimum Gasteiger partial charge on any atom is -0.462 e. The van der Waals surface area contributed by atoms with Gasteiger partial charge in [0.1, 0.15) is 13.2 Å². The van der Waals surface area contributed by atoms with E-state index in [1.54, 1.807) is 0 Å². The molecule has 0 spiro atoms. The van der Waals surface area contributed by atoms with Crippen LogP contribution >= 0.6 is 0 Å². The summed E-state index contributed by atoms with van der Waals surface area (Å²) in [7, 11) is 0. The first-order chi connectivity index (χ1) is 41.0. The molecule has 0 aromatic heterocycles. The smallest absolute Gasteiger partial charge is 0.306 e. The monoisotopic (exact) mass is 1150 g/mol. The maximum atomic E-state index is 12.9.